The first-order valence-electron chi connectivity index (χ1n) is 6.46. The number of hydrogen-bond donors (Lipinski definition) is 0. The van der Waals surface area contributed by atoms with E-state index in [2.05, 4.69) is 42.2 Å². The summed E-state index contributed by atoms with van der Waals surface area (Å²) in [6.45, 7) is 6.02. The average molecular weight is 250 g/mol. The molecule has 0 bridgehead atoms. The predicted molar refractivity (Wildman–Crippen MR) is 73.0 cm³/mol. The third-order valence-electron chi connectivity index (χ3n) is 3.20. The van der Waals surface area contributed by atoms with Crippen LogP contribution in [0.2, 0.25) is 0 Å². The number of hydrogen-bond acceptors (Lipinski definition) is 3. The third-order valence-corrected chi connectivity index (χ3v) is 3.20. The number of likely N-dealkylation sites (tertiary alicyclic amines) is 1. The predicted octanol–water partition coefficient (Wildman–Crippen LogP) is 2.81. The molecule has 0 amide bonds. The number of rotatable bonds is 3. The molecule has 18 heavy (non-hydrogen) atoms. The van der Waals surface area contributed by atoms with E-state index in [0.717, 1.165) is 19.5 Å². The lowest BCUT2D eigenvalue weighted by molar-refractivity contribution is -0.445. The van der Waals surface area contributed by atoms with Gasteiger partial charge in [0.25, 0.3) is 0 Å². The van der Waals surface area contributed by atoms with Crippen LogP contribution in [0.25, 0.3) is 0 Å². The zero-order valence-corrected chi connectivity index (χ0v) is 11.2. The van der Waals surface area contributed by atoms with E-state index in [1.54, 1.807) is 0 Å². The summed E-state index contributed by atoms with van der Waals surface area (Å²) in [5.41, 5.74) is 1.45. The van der Waals surface area contributed by atoms with Gasteiger partial charge in [-0.3, -0.25) is 15.0 Å². The van der Waals surface area contributed by atoms with Gasteiger partial charge in [0.2, 0.25) is 0 Å². The molecule has 1 aliphatic rings. The molecule has 1 heterocycles. The number of benzene rings is 1. The van der Waals surface area contributed by atoms with Gasteiger partial charge in [-0.2, -0.15) is 0 Å². The van der Waals surface area contributed by atoms with Crippen LogP contribution in [0, 0.1) is 16.0 Å². The molecule has 1 saturated heterocycles. The van der Waals surface area contributed by atoms with Gasteiger partial charge in [0.05, 0.1) is 0 Å². The van der Waals surface area contributed by atoms with Gasteiger partial charge < -0.3 is 0 Å². The first-order chi connectivity index (χ1) is 8.61. The van der Waals surface area contributed by atoms with E-state index >= 15 is 0 Å². The topological polar surface area (TPSA) is 46.4 Å². The van der Waals surface area contributed by atoms with Crippen molar-refractivity contribution in [1.29, 1.82) is 0 Å². The SMILES string of the molecule is CCC1CCN(Cc2ccccc2)C1.C[N+](=O)[O-]. The molecule has 2 rings (SSSR count). The lowest BCUT2D eigenvalue weighted by Crippen LogP contribution is -2.19. The van der Waals surface area contributed by atoms with Gasteiger partial charge in [-0.05, 0) is 24.4 Å². The minimum atomic E-state index is -0.500. The molecule has 1 unspecified atom stereocenters. The molecule has 0 aliphatic carbocycles. The van der Waals surface area contributed by atoms with Crippen molar-refractivity contribution in [2.45, 2.75) is 26.3 Å². The molecule has 4 nitrogen and oxygen atoms in total. The molecule has 1 aromatic carbocycles. The van der Waals surface area contributed by atoms with Crippen molar-refractivity contribution in [2.24, 2.45) is 5.92 Å². The summed E-state index contributed by atoms with van der Waals surface area (Å²) in [7, 11) is 0.889. The van der Waals surface area contributed by atoms with E-state index in [4.69, 9.17) is 10.1 Å². The van der Waals surface area contributed by atoms with E-state index in [-0.39, 0.29) is 0 Å². The number of nitrogens with zero attached hydrogens (tertiary/aromatic N) is 2. The van der Waals surface area contributed by atoms with Crippen molar-refractivity contribution in [2.75, 3.05) is 20.1 Å². The van der Waals surface area contributed by atoms with Gasteiger partial charge >= 0.3 is 0 Å². The quantitative estimate of drug-likeness (QED) is 0.612. The van der Waals surface area contributed by atoms with Crippen molar-refractivity contribution in [3.63, 3.8) is 0 Å². The van der Waals surface area contributed by atoms with Crippen LogP contribution in [0.1, 0.15) is 25.3 Å². The molecular formula is C14H22N2O2. The average Bonchev–Trinajstić information content (AvgIpc) is 2.77. The molecule has 4 heteroatoms. The smallest absolute Gasteiger partial charge is 0.194 e. The fourth-order valence-electron chi connectivity index (χ4n) is 2.23. The Hall–Kier alpha value is -1.42. The summed E-state index contributed by atoms with van der Waals surface area (Å²) in [5, 5.41) is 8.81. The van der Waals surface area contributed by atoms with Crippen LogP contribution in [-0.4, -0.2) is 30.0 Å². The van der Waals surface area contributed by atoms with Gasteiger partial charge in [0.1, 0.15) is 0 Å². The van der Waals surface area contributed by atoms with E-state index < -0.39 is 4.92 Å². The summed E-state index contributed by atoms with van der Waals surface area (Å²) in [6, 6.07) is 10.8. The van der Waals surface area contributed by atoms with E-state index in [1.807, 2.05) is 0 Å². The molecule has 100 valence electrons. The zero-order valence-electron chi connectivity index (χ0n) is 11.2. The Bertz CT molecular complexity index is 350. The largest absolute Gasteiger partial charge is 0.299 e. The summed E-state index contributed by atoms with van der Waals surface area (Å²) in [6.07, 6.45) is 2.73. The van der Waals surface area contributed by atoms with Crippen LogP contribution in [0.4, 0.5) is 0 Å². The summed E-state index contributed by atoms with van der Waals surface area (Å²) in [5.74, 6) is 0.943. The third kappa shape index (κ3) is 5.77. The van der Waals surface area contributed by atoms with Crippen LogP contribution in [-0.2, 0) is 6.54 Å². The Labute approximate surface area is 109 Å². The second-order valence-electron chi connectivity index (χ2n) is 4.72. The maximum atomic E-state index is 8.81. The molecule has 1 atom stereocenters. The van der Waals surface area contributed by atoms with Gasteiger partial charge in [0, 0.05) is 18.0 Å². The van der Waals surface area contributed by atoms with Crippen LogP contribution in [0.5, 0.6) is 0 Å². The van der Waals surface area contributed by atoms with Crippen molar-refractivity contribution in [1.82, 2.24) is 4.90 Å². The summed E-state index contributed by atoms with van der Waals surface area (Å²) in [4.78, 5) is 10.9. The highest BCUT2D eigenvalue weighted by Crippen LogP contribution is 2.20. The Balaban J connectivity index is 0.000000357. The standard InChI is InChI=1S/C13H19N.CH3NO2/c1-2-12-8-9-14(10-12)11-13-6-4-3-5-7-13;1-2(3)4/h3-7,12H,2,8-11H2,1H3;1H3. The fourth-order valence-corrected chi connectivity index (χ4v) is 2.23. The van der Waals surface area contributed by atoms with Crippen LogP contribution < -0.4 is 0 Å². The molecule has 1 fully saturated rings. The Morgan fingerprint density at radius 3 is 2.50 bits per heavy atom. The van der Waals surface area contributed by atoms with Gasteiger partial charge in [-0.1, -0.05) is 43.7 Å². The van der Waals surface area contributed by atoms with Crippen molar-refractivity contribution in [3.05, 3.63) is 46.0 Å². The molecule has 0 saturated carbocycles. The normalized spacial score (nSPS) is 19.1. The second-order valence-corrected chi connectivity index (χ2v) is 4.72. The van der Waals surface area contributed by atoms with E-state index in [0.29, 0.717) is 0 Å². The van der Waals surface area contributed by atoms with E-state index in [9.17, 15) is 0 Å². The molecule has 1 aromatic rings. The maximum Gasteiger partial charge on any atom is 0.194 e. The van der Waals surface area contributed by atoms with Gasteiger partial charge in [-0.25, -0.2) is 0 Å². The second kappa shape index (κ2) is 7.82. The van der Waals surface area contributed by atoms with Crippen molar-refractivity contribution >= 4 is 0 Å². The maximum absolute atomic E-state index is 8.81. The van der Waals surface area contributed by atoms with E-state index in [1.165, 1.54) is 31.5 Å². The molecule has 0 radical (unpaired) electrons. The first-order valence-corrected chi connectivity index (χ1v) is 6.46. The monoisotopic (exact) mass is 250 g/mol. The minimum absolute atomic E-state index is 0.500. The molecule has 1 aliphatic heterocycles. The van der Waals surface area contributed by atoms with Crippen LogP contribution in [0.15, 0.2) is 30.3 Å². The molecule has 0 aromatic heterocycles. The Kier molecular flexibility index (Phi) is 6.36. The lowest BCUT2D eigenvalue weighted by Gasteiger charge is -2.15. The number of nitro groups is 1. The van der Waals surface area contributed by atoms with Crippen molar-refractivity contribution in [3.8, 4) is 0 Å². The highest BCUT2D eigenvalue weighted by molar-refractivity contribution is 5.14. The van der Waals surface area contributed by atoms with Crippen molar-refractivity contribution < 1.29 is 4.92 Å². The molecule has 0 spiro atoms. The highest BCUT2D eigenvalue weighted by Gasteiger charge is 2.20. The van der Waals surface area contributed by atoms with Crippen LogP contribution >= 0.6 is 0 Å². The Morgan fingerprint density at radius 1 is 1.39 bits per heavy atom. The highest BCUT2D eigenvalue weighted by atomic mass is 16.6. The van der Waals surface area contributed by atoms with Gasteiger partial charge in [0.15, 0.2) is 7.05 Å². The fraction of sp³-hybridized carbons (Fsp3) is 0.571. The van der Waals surface area contributed by atoms with Gasteiger partial charge in [-0.15, -0.1) is 0 Å². The Morgan fingerprint density at radius 2 is 2.00 bits per heavy atom. The summed E-state index contributed by atoms with van der Waals surface area (Å²) < 4.78 is 0. The summed E-state index contributed by atoms with van der Waals surface area (Å²) >= 11 is 0. The molecule has 0 N–H and O–H groups in total. The lowest BCUT2D eigenvalue weighted by atomic mass is 10.1. The zero-order chi connectivity index (χ0) is 13.4. The minimum Gasteiger partial charge on any atom is -0.299 e. The first kappa shape index (κ1) is 14.6. The molecular weight excluding hydrogens is 228 g/mol. The van der Waals surface area contributed by atoms with Crippen LogP contribution in [0.3, 0.4) is 0 Å².